The third-order valence-corrected chi connectivity index (χ3v) is 20.2. The Kier molecular flexibility index (Phi) is 83.4. The highest BCUT2D eigenvalue weighted by molar-refractivity contribution is 7.47. The first-order valence-corrected chi connectivity index (χ1v) is 47.7. The van der Waals surface area contributed by atoms with Crippen LogP contribution in [0.3, 0.4) is 0 Å². The molecule has 0 aliphatic carbocycles. The molecule has 0 rings (SSSR count). The molecular weight excluding hydrogens is 1480 g/mol. The molecule has 0 aliphatic heterocycles. The largest absolute Gasteiger partial charge is 0.472 e. The fraction of sp³-hybridized carbons (Fsp3) is 0.639. The van der Waals surface area contributed by atoms with Crippen LogP contribution >= 0.6 is 15.6 Å². The molecule has 115 heavy (non-hydrogen) atoms. The molecule has 5 unspecified atom stereocenters. The number of aliphatic hydroxyl groups excluding tert-OH is 2. The first-order chi connectivity index (χ1) is 56.2. The van der Waals surface area contributed by atoms with Crippen LogP contribution in [-0.2, 0) is 55.8 Å². The third-order valence-electron chi connectivity index (χ3n) is 18.3. The van der Waals surface area contributed by atoms with Gasteiger partial charge in [0.25, 0.3) is 0 Å². The Morgan fingerprint density at radius 3 is 0.704 bits per heavy atom. The molecule has 0 fully saturated rings. The minimum absolute atomic E-state index is 0.0415. The zero-order valence-corrected chi connectivity index (χ0v) is 73.7. The number of carbonyl (C=O) groups excluding carboxylic acids is 3. The van der Waals surface area contributed by atoms with Crippen LogP contribution in [0.4, 0.5) is 0 Å². The van der Waals surface area contributed by atoms with Crippen LogP contribution in [-0.4, -0.2) is 95.9 Å². The van der Waals surface area contributed by atoms with Gasteiger partial charge in [0.1, 0.15) is 25.4 Å². The third kappa shape index (κ3) is 89.0. The van der Waals surface area contributed by atoms with E-state index in [2.05, 4.69) is 215 Å². The molecule has 4 N–H and O–H groups in total. The summed E-state index contributed by atoms with van der Waals surface area (Å²) >= 11 is 0. The van der Waals surface area contributed by atoms with Gasteiger partial charge in [0.15, 0.2) is 6.10 Å². The summed E-state index contributed by atoms with van der Waals surface area (Å²) in [6, 6.07) is 0. The molecule has 0 saturated heterocycles. The van der Waals surface area contributed by atoms with Gasteiger partial charge in [-0.25, -0.2) is 9.13 Å². The number of esters is 3. The van der Waals surface area contributed by atoms with E-state index in [4.69, 9.17) is 32.3 Å². The average molecular weight is 1640 g/mol. The molecule has 5 atom stereocenters. The monoisotopic (exact) mass is 1640 g/mol. The number of carbonyl (C=O) groups is 3. The lowest BCUT2D eigenvalue weighted by atomic mass is 10.0. The van der Waals surface area contributed by atoms with Gasteiger partial charge in [0, 0.05) is 19.3 Å². The Morgan fingerprint density at radius 1 is 0.243 bits per heavy atom. The van der Waals surface area contributed by atoms with Gasteiger partial charge in [-0.15, -0.1) is 0 Å². The Hall–Kier alpha value is -5.61. The van der Waals surface area contributed by atoms with Crippen molar-refractivity contribution in [3.05, 3.63) is 194 Å². The maximum absolute atomic E-state index is 13.0. The molecule has 0 aromatic heterocycles. The van der Waals surface area contributed by atoms with E-state index in [1.165, 1.54) is 116 Å². The number of ether oxygens (including phenoxy) is 3. The molecular formula is C97H160O16P2. The van der Waals surface area contributed by atoms with Crippen LogP contribution < -0.4 is 0 Å². The summed E-state index contributed by atoms with van der Waals surface area (Å²) in [4.78, 5) is 58.9. The Balaban J connectivity index is 4.60. The Labute approximate surface area is 699 Å². The Morgan fingerprint density at radius 2 is 0.435 bits per heavy atom. The van der Waals surface area contributed by atoms with E-state index < -0.39 is 91.5 Å². The summed E-state index contributed by atoms with van der Waals surface area (Å²) in [6.07, 6.45) is 116. The second-order valence-electron chi connectivity index (χ2n) is 29.3. The van der Waals surface area contributed by atoms with Crippen molar-refractivity contribution >= 4 is 33.6 Å². The summed E-state index contributed by atoms with van der Waals surface area (Å²) in [7, 11) is -9.83. The summed E-state index contributed by atoms with van der Waals surface area (Å²) in [5, 5.41) is 20.7. The smallest absolute Gasteiger partial charge is 0.463 e. The number of unbranched alkanes of at least 4 members (excludes halogenated alkanes) is 28. The minimum Gasteiger partial charge on any atom is -0.463 e. The van der Waals surface area contributed by atoms with Crippen molar-refractivity contribution in [2.24, 2.45) is 0 Å². The van der Waals surface area contributed by atoms with Crippen LogP contribution in [0, 0.1) is 0 Å². The SMILES string of the molecule is CC/C=C\C/C=C\C/C=C\C/C=C\C/C=C\C/C=C\CCCCC(=O)OC(COC(=O)CCCCCCCCCCC/C=C\C/C=C\C/C=C\C/C=C\C/C=C\CC)COP(=O)(O)OCC(O)COP(=O)(O)OCC(O)COC(=O)CCCCCCCCCCCCCCCCCCC/C=C\C/C=C\C/C=C\C/C=C\C/C=C\CC. The lowest BCUT2D eigenvalue weighted by molar-refractivity contribution is -0.161. The number of aliphatic hydroxyl groups is 2. The van der Waals surface area contributed by atoms with E-state index in [1.807, 2.05) is 0 Å². The van der Waals surface area contributed by atoms with E-state index in [1.54, 1.807) is 0 Å². The molecule has 0 bridgehead atoms. The van der Waals surface area contributed by atoms with Gasteiger partial charge < -0.3 is 34.2 Å². The molecule has 0 spiro atoms. The molecule has 16 nitrogen and oxygen atoms in total. The van der Waals surface area contributed by atoms with Crippen LogP contribution in [0.1, 0.15) is 342 Å². The predicted octanol–water partition coefficient (Wildman–Crippen LogP) is 27.4. The van der Waals surface area contributed by atoms with Gasteiger partial charge in [0.05, 0.1) is 26.4 Å². The molecule has 0 amide bonds. The van der Waals surface area contributed by atoms with Gasteiger partial charge in [-0.2, -0.15) is 0 Å². The summed E-state index contributed by atoms with van der Waals surface area (Å²) in [6.45, 7) is 2.30. The number of phosphoric ester groups is 2. The molecule has 0 aromatic rings. The quantitative estimate of drug-likeness (QED) is 0.0146. The van der Waals surface area contributed by atoms with E-state index in [0.29, 0.717) is 25.7 Å². The number of hydrogen-bond acceptors (Lipinski definition) is 14. The minimum atomic E-state index is -4.96. The lowest BCUT2D eigenvalue weighted by Crippen LogP contribution is -2.30. The van der Waals surface area contributed by atoms with Crippen molar-refractivity contribution in [2.75, 3.05) is 39.6 Å². The van der Waals surface area contributed by atoms with E-state index >= 15 is 0 Å². The summed E-state index contributed by atoms with van der Waals surface area (Å²) < 4.78 is 61.4. The van der Waals surface area contributed by atoms with Crippen LogP contribution in [0.25, 0.3) is 0 Å². The summed E-state index contributed by atoms with van der Waals surface area (Å²) in [5.74, 6) is -1.64. The number of rotatable bonds is 83. The van der Waals surface area contributed by atoms with Gasteiger partial charge in [0.2, 0.25) is 0 Å². The zero-order chi connectivity index (χ0) is 83.6. The maximum atomic E-state index is 13.0. The highest BCUT2D eigenvalue weighted by Crippen LogP contribution is 2.45. The van der Waals surface area contributed by atoms with E-state index in [9.17, 15) is 43.5 Å². The van der Waals surface area contributed by atoms with Crippen molar-refractivity contribution in [3.63, 3.8) is 0 Å². The van der Waals surface area contributed by atoms with E-state index in [0.717, 1.165) is 161 Å². The molecule has 0 aromatic carbocycles. The molecule has 0 aliphatic rings. The molecule has 654 valence electrons. The normalized spacial score (nSPS) is 14.7. The number of allylic oxidation sites excluding steroid dienone is 32. The highest BCUT2D eigenvalue weighted by atomic mass is 31.2. The van der Waals surface area contributed by atoms with Crippen LogP contribution in [0.15, 0.2) is 194 Å². The van der Waals surface area contributed by atoms with E-state index in [-0.39, 0.29) is 19.3 Å². The predicted molar refractivity (Wildman–Crippen MR) is 481 cm³/mol. The Bertz CT molecular complexity index is 2870. The van der Waals surface area contributed by atoms with Gasteiger partial charge in [-0.05, 0) is 161 Å². The van der Waals surface area contributed by atoms with Crippen molar-refractivity contribution in [1.82, 2.24) is 0 Å². The number of hydrogen-bond donors (Lipinski definition) is 4. The average Bonchev–Trinajstić information content (AvgIpc) is 0.893. The van der Waals surface area contributed by atoms with Gasteiger partial charge in [-0.1, -0.05) is 356 Å². The molecule has 0 radical (unpaired) electrons. The fourth-order valence-corrected chi connectivity index (χ4v) is 13.2. The highest BCUT2D eigenvalue weighted by Gasteiger charge is 2.29. The number of phosphoric acid groups is 2. The summed E-state index contributed by atoms with van der Waals surface area (Å²) in [5.41, 5.74) is 0. The standard InChI is InChI=1S/C97H160O16P2/c1-4-7-10-13-16-19-22-25-28-31-34-37-39-41-42-43-44-45-46-47-48-50-52-54-56-59-62-65-68-71-74-77-80-83-95(100)107-86-92(98)87-109-114(103,104)110-88-93(99)89-111-115(105,106)112-91-94(113-97(102)85-82-79-76-73-70-67-64-61-58-53-36-33-30-27-24-21-18-15-12-9-6-3)90-108-96(101)84-81-78-75-72-69-66-63-60-57-55-51-49-40-38-35-32-29-26-23-20-17-14-11-8-5-2/h7-12,16-21,25-30,34-38,41-42,49,51,53,61,64,70,73,92-94,98-99H,4-6,13-15,22-24,31-33,39-40,43-48,50,52,54-60,62-63,65-69,71-72,74-91H2,1-3H3,(H,103,104)(H,105,106)/b10-7-,11-8-,12-9-,19-16-,20-17-,21-18-,28-25-,29-26-,30-27-,37-34-,38-35-,42-41-,51-49-,53-36-,64-61-,73-70-. The van der Waals surface area contributed by atoms with Crippen molar-refractivity contribution < 1.29 is 75.8 Å². The zero-order valence-electron chi connectivity index (χ0n) is 71.9. The van der Waals surface area contributed by atoms with Crippen molar-refractivity contribution in [1.29, 1.82) is 0 Å². The molecule has 18 heteroatoms. The van der Waals surface area contributed by atoms with Crippen molar-refractivity contribution in [2.45, 2.75) is 360 Å². The second-order valence-corrected chi connectivity index (χ2v) is 32.2. The first-order valence-electron chi connectivity index (χ1n) is 44.7. The lowest BCUT2D eigenvalue weighted by Gasteiger charge is -2.21. The second kappa shape index (κ2) is 87.7. The maximum Gasteiger partial charge on any atom is 0.472 e. The van der Waals surface area contributed by atoms with Gasteiger partial charge in [-0.3, -0.25) is 32.5 Å². The van der Waals surface area contributed by atoms with Gasteiger partial charge >= 0.3 is 33.6 Å². The topological polar surface area (TPSA) is 231 Å². The first kappa shape index (κ1) is 109. The van der Waals surface area contributed by atoms with Crippen LogP contribution in [0.2, 0.25) is 0 Å². The molecule has 0 saturated carbocycles. The fourth-order valence-electron chi connectivity index (χ4n) is 11.6. The molecule has 0 heterocycles. The van der Waals surface area contributed by atoms with Crippen molar-refractivity contribution in [3.8, 4) is 0 Å². The van der Waals surface area contributed by atoms with Crippen LogP contribution in [0.5, 0.6) is 0 Å².